The third-order valence-corrected chi connectivity index (χ3v) is 4.42. The van der Waals surface area contributed by atoms with Gasteiger partial charge in [-0.1, -0.05) is 31.0 Å². The predicted octanol–water partition coefficient (Wildman–Crippen LogP) is 2.57. The molecule has 0 saturated heterocycles. The van der Waals surface area contributed by atoms with E-state index in [0.717, 1.165) is 19.0 Å². The summed E-state index contributed by atoms with van der Waals surface area (Å²) in [7, 11) is 0. The van der Waals surface area contributed by atoms with Crippen molar-refractivity contribution in [2.24, 2.45) is 11.7 Å². The van der Waals surface area contributed by atoms with Gasteiger partial charge in [0.2, 0.25) is 0 Å². The molecule has 1 heterocycles. The highest BCUT2D eigenvalue weighted by Crippen LogP contribution is 2.31. The van der Waals surface area contributed by atoms with Gasteiger partial charge in [-0.15, -0.1) is 0 Å². The van der Waals surface area contributed by atoms with Crippen molar-refractivity contribution < 1.29 is 0 Å². The van der Waals surface area contributed by atoms with Crippen molar-refractivity contribution in [3.8, 4) is 0 Å². The van der Waals surface area contributed by atoms with Crippen LogP contribution in [0.3, 0.4) is 0 Å². The monoisotopic (exact) mass is 230 g/mol. The first-order valence-corrected chi connectivity index (χ1v) is 6.93. The molecule has 1 unspecified atom stereocenters. The molecule has 1 aromatic rings. The number of benzene rings is 1. The molecule has 1 saturated carbocycles. The van der Waals surface area contributed by atoms with Crippen molar-refractivity contribution in [2.45, 2.75) is 38.1 Å². The lowest BCUT2D eigenvalue weighted by molar-refractivity contribution is 0.430. The van der Waals surface area contributed by atoms with Crippen LogP contribution in [0.25, 0.3) is 0 Å². The van der Waals surface area contributed by atoms with E-state index in [2.05, 4.69) is 29.2 Å². The summed E-state index contributed by atoms with van der Waals surface area (Å²) >= 11 is 0. The lowest BCUT2D eigenvalue weighted by Gasteiger charge is -2.27. The first-order chi connectivity index (χ1) is 8.34. The van der Waals surface area contributed by atoms with E-state index in [1.165, 1.54) is 43.4 Å². The fourth-order valence-electron chi connectivity index (χ4n) is 3.39. The van der Waals surface area contributed by atoms with Crippen LogP contribution in [-0.4, -0.2) is 19.1 Å². The van der Waals surface area contributed by atoms with E-state index in [0.29, 0.717) is 6.04 Å². The molecule has 0 radical (unpaired) electrons. The van der Waals surface area contributed by atoms with E-state index in [1.807, 2.05) is 0 Å². The number of rotatable bonds is 3. The second-order valence-electron chi connectivity index (χ2n) is 5.53. The Kier molecular flexibility index (Phi) is 3.06. The summed E-state index contributed by atoms with van der Waals surface area (Å²) < 4.78 is 0. The molecule has 2 aliphatic rings. The second kappa shape index (κ2) is 4.69. The first-order valence-electron chi connectivity index (χ1n) is 6.93. The van der Waals surface area contributed by atoms with E-state index in [4.69, 9.17) is 5.73 Å². The van der Waals surface area contributed by atoms with Crippen molar-refractivity contribution in [2.75, 3.05) is 18.0 Å². The molecule has 2 N–H and O–H groups in total. The summed E-state index contributed by atoms with van der Waals surface area (Å²) in [6.07, 6.45) is 6.64. The smallest absolute Gasteiger partial charge is 0.0400 e. The van der Waals surface area contributed by atoms with Crippen LogP contribution in [0.1, 0.15) is 31.2 Å². The number of fused-ring (bicyclic) bond motifs is 1. The van der Waals surface area contributed by atoms with E-state index in [1.54, 1.807) is 0 Å². The lowest BCUT2D eigenvalue weighted by Crippen LogP contribution is -2.41. The van der Waals surface area contributed by atoms with Gasteiger partial charge in [-0.05, 0) is 36.8 Å². The number of hydrogen-bond acceptors (Lipinski definition) is 2. The van der Waals surface area contributed by atoms with Crippen molar-refractivity contribution in [1.82, 2.24) is 0 Å². The minimum absolute atomic E-state index is 0.364. The molecule has 0 aromatic heterocycles. The van der Waals surface area contributed by atoms with Crippen molar-refractivity contribution in [3.63, 3.8) is 0 Å². The van der Waals surface area contributed by atoms with Crippen LogP contribution in [-0.2, 0) is 6.42 Å². The van der Waals surface area contributed by atoms with E-state index < -0.39 is 0 Å². The summed E-state index contributed by atoms with van der Waals surface area (Å²) in [6, 6.07) is 9.13. The molecule has 0 bridgehead atoms. The van der Waals surface area contributed by atoms with Crippen LogP contribution in [0, 0.1) is 5.92 Å². The van der Waals surface area contributed by atoms with Gasteiger partial charge in [0.05, 0.1) is 0 Å². The molecule has 3 rings (SSSR count). The van der Waals surface area contributed by atoms with E-state index >= 15 is 0 Å². The van der Waals surface area contributed by atoms with Crippen LogP contribution < -0.4 is 10.6 Å². The maximum Gasteiger partial charge on any atom is 0.0400 e. The average Bonchev–Trinajstić information content (AvgIpc) is 2.98. The summed E-state index contributed by atoms with van der Waals surface area (Å²) in [5.41, 5.74) is 9.28. The Morgan fingerprint density at radius 2 is 2.00 bits per heavy atom. The largest absolute Gasteiger partial charge is 0.369 e. The summed E-state index contributed by atoms with van der Waals surface area (Å²) in [6.45, 7) is 2.20. The maximum atomic E-state index is 6.37. The zero-order valence-corrected chi connectivity index (χ0v) is 10.4. The highest BCUT2D eigenvalue weighted by molar-refractivity contribution is 5.57. The molecular formula is C15H22N2. The number of nitrogens with zero attached hydrogens (tertiary/aromatic N) is 1. The molecule has 1 aliphatic heterocycles. The average molecular weight is 230 g/mol. The minimum atomic E-state index is 0.364. The Balaban J connectivity index is 1.66. The molecule has 17 heavy (non-hydrogen) atoms. The third-order valence-electron chi connectivity index (χ3n) is 4.42. The molecule has 1 atom stereocenters. The fourth-order valence-corrected chi connectivity index (χ4v) is 3.39. The van der Waals surface area contributed by atoms with Crippen LogP contribution >= 0.6 is 0 Å². The normalized spacial score (nSPS) is 21.8. The second-order valence-corrected chi connectivity index (χ2v) is 5.53. The number of hydrogen-bond donors (Lipinski definition) is 1. The van der Waals surface area contributed by atoms with E-state index in [-0.39, 0.29) is 0 Å². The number of nitrogens with two attached hydrogens (primary N) is 1. The Morgan fingerprint density at radius 1 is 1.24 bits per heavy atom. The molecule has 1 aliphatic carbocycles. The Hall–Kier alpha value is -1.02. The van der Waals surface area contributed by atoms with Gasteiger partial charge in [0.25, 0.3) is 0 Å². The van der Waals surface area contributed by atoms with Crippen LogP contribution in [0.15, 0.2) is 24.3 Å². The van der Waals surface area contributed by atoms with Crippen LogP contribution in [0.5, 0.6) is 0 Å². The molecule has 2 nitrogen and oxygen atoms in total. The summed E-state index contributed by atoms with van der Waals surface area (Å²) in [4.78, 5) is 2.48. The molecule has 1 fully saturated rings. The zero-order chi connectivity index (χ0) is 11.7. The Morgan fingerprint density at radius 3 is 2.82 bits per heavy atom. The van der Waals surface area contributed by atoms with Crippen LogP contribution in [0.4, 0.5) is 5.69 Å². The van der Waals surface area contributed by atoms with Gasteiger partial charge < -0.3 is 10.6 Å². The molecule has 2 heteroatoms. The quantitative estimate of drug-likeness (QED) is 0.864. The van der Waals surface area contributed by atoms with Gasteiger partial charge in [-0.25, -0.2) is 0 Å². The molecular weight excluding hydrogens is 208 g/mol. The predicted molar refractivity (Wildman–Crippen MR) is 72.3 cm³/mol. The molecule has 1 aromatic carbocycles. The minimum Gasteiger partial charge on any atom is -0.369 e. The molecule has 0 spiro atoms. The number of anilines is 1. The van der Waals surface area contributed by atoms with Crippen molar-refractivity contribution >= 4 is 5.69 Å². The Bertz CT molecular complexity index is 382. The van der Waals surface area contributed by atoms with Gasteiger partial charge in [0.1, 0.15) is 0 Å². The highest BCUT2D eigenvalue weighted by Gasteiger charge is 2.26. The van der Waals surface area contributed by atoms with Gasteiger partial charge >= 0.3 is 0 Å². The topological polar surface area (TPSA) is 29.3 Å². The first kappa shape index (κ1) is 11.1. The zero-order valence-electron chi connectivity index (χ0n) is 10.4. The van der Waals surface area contributed by atoms with E-state index in [9.17, 15) is 0 Å². The van der Waals surface area contributed by atoms with Gasteiger partial charge in [-0.2, -0.15) is 0 Å². The Labute approximate surface area is 104 Å². The SMILES string of the molecule is NC(CN1CCc2ccccc21)C1CCCC1. The fraction of sp³-hybridized carbons (Fsp3) is 0.600. The van der Waals surface area contributed by atoms with Gasteiger partial charge in [0, 0.05) is 24.8 Å². The van der Waals surface area contributed by atoms with Crippen LogP contribution in [0.2, 0.25) is 0 Å². The lowest BCUT2D eigenvalue weighted by atomic mass is 9.98. The molecule has 0 amide bonds. The molecule has 92 valence electrons. The summed E-state index contributed by atoms with van der Waals surface area (Å²) in [5, 5.41) is 0. The van der Waals surface area contributed by atoms with Gasteiger partial charge in [-0.3, -0.25) is 0 Å². The van der Waals surface area contributed by atoms with Gasteiger partial charge in [0.15, 0.2) is 0 Å². The highest BCUT2D eigenvalue weighted by atomic mass is 15.2. The van der Waals surface area contributed by atoms with Crippen molar-refractivity contribution in [3.05, 3.63) is 29.8 Å². The van der Waals surface area contributed by atoms with Crippen molar-refractivity contribution in [1.29, 1.82) is 0 Å². The number of para-hydroxylation sites is 1. The summed E-state index contributed by atoms with van der Waals surface area (Å²) in [5.74, 6) is 0.766. The standard InChI is InChI=1S/C15H22N2/c16-14(12-5-1-2-6-12)11-17-10-9-13-7-3-4-8-15(13)17/h3-4,7-8,12,14H,1-2,5-6,9-11,16H2. The maximum absolute atomic E-state index is 6.37. The third kappa shape index (κ3) is 2.19.